The molecule has 2 rings (SSSR count). The monoisotopic (exact) mass is 311 g/mol. The van der Waals surface area contributed by atoms with E-state index in [1.807, 2.05) is 69.3 Å². The number of carbonyl (C=O) groups is 1. The summed E-state index contributed by atoms with van der Waals surface area (Å²) >= 11 is 0. The summed E-state index contributed by atoms with van der Waals surface area (Å²) < 4.78 is 0. The first-order valence-corrected chi connectivity index (χ1v) is 7.38. The largest absolute Gasteiger partial charge is 0.398 e. The van der Waals surface area contributed by atoms with Gasteiger partial charge in [-0.05, 0) is 50.1 Å². The molecule has 0 atom stereocenters. The molecule has 0 spiro atoms. The number of hydrogen-bond donors (Lipinski definition) is 1. The molecule has 0 radical (unpaired) electrons. The molecule has 0 aliphatic heterocycles. The highest BCUT2D eigenvalue weighted by Gasteiger charge is 2.16. The molecule has 4 heteroatoms. The van der Waals surface area contributed by atoms with Crippen LogP contribution in [0.1, 0.15) is 42.3 Å². The number of nitrogens with two attached hydrogens (primary N) is 1. The summed E-state index contributed by atoms with van der Waals surface area (Å²) in [6, 6.07) is 14.7. The van der Waals surface area contributed by atoms with Crippen LogP contribution in [0, 0.1) is 0 Å². The minimum Gasteiger partial charge on any atom is -0.398 e. The van der Waals surface area contributed by atoms with Crippen molar-refractivity contribution in [2.24, 2.45) is 0 Å². The van der Waals surface area contributed by atoms with E-state index in [0.717, 1.165) is 16.8 Å². The highest BCUT2D eigenvalue weighted by Crippen LogP contribution is 2.16. The lowest BCUT2D eigenvalue weighted by Gasteiger charge is -2.16. The molecule has 0 aliphatic carbocycles. The lowest BCUT2D eigenvalue weighted by Crippen LogP contribution is -2.21. The Kier molecular flexibility index (Phi) is 5.19. The molecule has 2 aromatic rings. The van der Waals surface area contributed by atoms with E-state index in [4.69, 9.17) is 15.5 Å². The Balaban J connectivity index is 2.02. The fourth-order valence-electron chi connectivity index (χ4n) is 1.79. The maximum absolute atomic E-state index is 11.8. The highest BCUT2D eigenvalue weighted by molar-refractivity contribution is 5.89. The van der Waals surface area contributed by atoms with Gasteiger partial charge in [0.25, 0.3) is 0 Å². The summed E-state index contributed by atoms with van der Waals surface area (Å²) in [5.41, 5.74) is 8.43. The van der Waals surface area contributed by atoms with Gasteiger partial charge >= 0.3 is 5.97 Å². The predicted molar refractivity (Wildman–Crippen MR) is 92.5 cm³/mol. The van der Waals surface area contributed by atoms with Crippen LogP contribution < -0.4 is 5.73 Å². The van der Waals surface area contributed by atoms with Crippen LogP contribution in [-0.2, 0) is 9.78 Å². The van der Waals surface area contributed by atoms with Crippen LogP contribution in [-0.4, -0.2) is 11.6 Å². The van der Waals surface area contributed by atoms with E-state index in [9.17, 15) is 4.79 Å². The molecule has 0 saturated carbocycles. The Morgan fingerprint density at radius 2 is 1.65 bits per heavy atom. The first-order valence-electron chi connectivity index (χ1n) is 7.38. The zero-order valence-corrected chi connectivity index (χ0v) is 13.6. The van der Waals surface area contributed by atoms with Gasteiger partial charge in [-0.3, -0.25) is 4.89 Å². The summed E-state index contributed by atoms with van der Waals surface area (Å²) in [4.78, 5) is 21.7. The molecule has 2 aromatic carbocycles. The quantitative estimate of drug-likeness (QED) is 0.395. The van der Waals surface area contributed by atoms with Crippen LogP contribution in [0.5, 0.6) is 0 Å². The van der Waals surface area contributed by atoms with Gasteiger partial charge in [-0.15, -0.1) is 0 Å². The van der Waals surface area contributed by atoms with E-state index in [1.54, 1.807) is 12.1 Å². The lowest BCUT2D eigenvalue weighted by atomic mass is 10.1. The Labute approximate surface area is 136 Å². The SMILES string of the molecule is CC(C)(C)OOC(=O)c1ccc(C=Cc2ccccc2N)cc1. The molecule has 23 heavy (non-hydrogen) atoms. The van der Waals surface area contributed by atoms with Gasteiger partial charge in [0.2, 0.25) is 0 Å². The van der Waals surface area contributed by atoms with Gasteiger partial charge in [0, 0.05) is 5.69 Å². The number of nitrogen functional groups attached to an aromatic ring is 1. The fourth-order valence-corrected chi connectivity index (χ4v) is 1.79. The Morgan fingerprint density at radius 3 is 2.26 bits per heavy atom. The van der Waals surface area contributed by atoms with Crippen LogP contribution in [0.15, 0.2) is 48.5 Å². The van der Waals surface area contributed by atoms with Crippen molar-refractivity contribution in [2.45, 2.75) is 26.4 Å². The first kappa shape index (κ1) is 16.8. The average molecular weight is 311 g/mol. The number of rotatable bonds is 4. The van der Waals surface area contributed by atoms with Crippen molar-refractivity contribution < 1.29 is 14.6 Å². The lowest BCUT2D eigenvalue weighted by molar-refractivity contribution is -0.301. The fraction of sp³-hybridized carbons (Fsp3) is 0.211. The van der Waals surface area contributed by atoms with E-state index in [0.29, 0.717) is 5.56 Å². The van der Waals surface area contributed by atoms with Crippen molar-refractivity contribution in [3.05, 3.63) is 65.2 Å². The van der Waals surface area contributed by atoms with Crippen molar-refractivity contribution in [2.75, 3.05) is 5.73 Å². The third-order valence-corrected chi connectivity index (χ3v) is 2.97. The summed E-state index contributed by atoms with van der Waals surface area (Å²) in [5, 5.41) is 0. The van der Waals surface area contributed by atoms with Gasteiger partial charge in [-0.1, -0.05) is 42.5 Å². The Morgan fingerprint density at radius 1 is 1.00 bits per heavy atom. The highest BCUT2D eigenvalue weighted by atomic mass is 17.2. The zero-order chi connectivity index (χ0) is 16.9. The first-order chi connectivity index (χ1) is 10.8. The molecule has 0 saturated heterocycles. The topological polar surface area (TPSA) is 61.5 Å². The maximum Gasteiger partial charge on any atom is 0.373 e. The normalized spacial score (nSPS) is 11.6. The zero-order valence-electron chi connectivity index (χ0n) is 13.6. The average Bonchev–Trinajstić information content (AvgIpc) is 2.52. The van der Waals surface area contributed by atoms with Crippen molar-refractivity contribution in [1.82, 2.24) is 0 Å². The Hall–Kier alpha value is -2.59. The molecule has 0 heterocycles. The van der Waals surface area contributed by atoms with Gasteiger partial charge in [0.05, 0.1) is 5.56 Å². The number of carbonyl (C=O) groups excluding carboxylic acids is 1. The van der Waals surface area contributed by atoms with Gasteiger partial charge in [-0.2, -0.15) is 4.89 Å². The molecule has 0 amide bonds. The maximum atomic E-state index is 11.8. The molecule has 0 aliphatic rings. The molecular formula is C19H21NO3. The molecule has 0 fully saturated rings. The van der Waals surface area contributed by atoms with E-state index in [-0.39, 0.29) is 0 Å². The van der Waals surface area contributed by atoms with Gasteiger partial charge in [-0.25, -0.2) is 4.79 Å². The summed E-state index contributed by atoms with van der Waals surface area (Å²) in [6.45, 7) is 5.43. The van der Waals surface area contributed by atoms with Crippen molar-refractivity contribution in [1.29, 1.82) is 0 Å². The second-order valence-corrected chi connectivity index (χ2v) is 6.15. The van der Waals surface area contributed by atoms with Crippen LogP contribution >= 0.6 is 0 Å². The van der Waals surface area contributed by atoms with Gasteiger partial charge in [0.1, 0.15) is 5.60 Å². The van der Waals surface area contributed by atoms with E-state index < -0.39 is 11.6 Å². The van der Waals surface area contributed by atoms with E-state index in [1.165, 1.54) is 0 Å². The molecule has 0 unspecified atom stereocenters. The minimum absolute atomic E-state index is 0.436. The van der Waals surface area contributed by atoms with Crippen LogP contribution in [0.4, 0.5) is 5.69 Å². The third kappa shape index (κ3) is 5.27. The molecule has 4 nitrogen and oxygen atoms in total. The Bertz CT molecular complexity index is 697. The molecule has 120 valence electrons. The number of anilines is 1. The standard InChI is InChI=1S/C19H21NO3/c1-19(2,3)23-22-18(21)16-12-9-14(10-13-16)8-11-15-6-4-5-7-17(15)20/h4-13H,20H2,1-3H3. The molecule has 0 aromatic heterocycles. The summed E-state index contributed by atoms with van der Waals surface area (Å²) in [6.07, 6.45) is 3.87. The predicted octanol–water partition coefficient (Wildman–Crippen LogP) is 4.33. The summed E-state index contributed by atoms with van der Waals surface area (Å²) in [7, 11) is 0. The minimum atomic E-state index is -0.534. The smallest absolute Gasteiger partial charge is 0.373 e. The van der Waals surface area contributed by atoms with Gasteiger partial charge < -0.3 is 5.73 Å². The number of para-hydroxylation sites is 1. The van der Waals surface area contributed by atoms with E-state index >= 15 is 0 Å². The van der Waals surface area contributed by atoms with Crippen molar-refractivity contribution in [3.8, 4) is 0 Å². The van der Waals surface area contributed by atoms with Crippen LogP contribution in [0.25, 0.3) is 12.2 Å². The number of hydrogen-bond acceptors (Lipinski definition) is 4. The van der Waals surface area contributed by atoms with Crippen molar-refractivity contribution in [3.63, 3.8) is 0 Å². The van der Waals surface area contributed by atoms with Crippen molar-refractivity contribution >= 4 is 23.8 Å². The van der Waals surface area contributed by atoms with Crippen LogP contribution in [0.2, 0.25) is 0 Å². The second-order valence-electron chi connectivity index (χ2n) is 6.15. The number of benzene rings is 2. The van der Waals surface area contributed by atoms with E-state index in [2.05, 4.69) is 0 Å². The second kappa shape index (κ2) is 7.11. The van der Waals surface area contributed by atoms with Crippen LogP contribution in [0.3, 0.4) is 0 Å². The van der Waals surface area contributed by atoms with Gasteiger partial charge in [0.15, 0.2) is 0 Å². The summed E-state index contributed by atoms with van der Waals surface area (Å²) in [5.74, 6) is -0.511. The molecule has 0 bridgehead atoms. The third-order valence-electron chi connectivity index (χ3n) is 2.97. The molecule has 2 N–H and O–H groups in total. The molecular weight excluding hydrogens is 290 g/mol.